The van der Waals surface area contributed by atoms with Crippen LogP contribution in [0.25, 0.3) is 0 Å². The van der Waals surface area contributed by atoms with Gasteiger partial charge in [-0.15, -0.1) is 0 Å². The summed E-state index contributed by atoms with van der Waals surface area (Å²) < 4.78 is 13.1. The van der Waals surface area contributed by atoms with Crippen LogP contribution >= 0.6 is 0 Å². The molecule has 0 amide bonds. The standard InChI is InChI=1S/C16H25FN2/c1-3-15-6-4-5-11-19(15)16(12(2)18)13-7-9-14(17)10-8-13/h7-10,12,15-16H,3-6,11,18H2,1-2H3. The Balaban J connectivity index is 2.25. The molecule has 0 radical (unpaired) electrons. The molecule has 3 heteroatoms. The summed E-state index contributed by atoms with van der Waals surface area (Å²) in [4.78, 5) is 2.53. The monoisotopic (exact) mass is 264 g/mol. The van der Waals surface area contributed by atoms with E-state index in [4.69, 9.17) is 5.73 Å². The Morgan fingerprint density at radius 3 is 2.58 bits per heavy atom. The van der Waals surface area contributed by atoms with Crippen LogP contribution in [0.4, 0.5) is 4.39 Å². The number of likely N-dealkylation sites (tertiary alicyclic amines) is 1. The fourth-order valence-electron chi connectivity index (χ4n) is 3.28. The SMILES string of the molecule is CCC1CCCCN1C(c1ccc(F)cc1)C(C)N. The van der Waals surface area contributed by atoms with Crippen LogP contribution in [0.1, 0.15) is 51.1 Å². The molecule has 0 saturated carbocycles. The number of nitrogens with zero attached hydrogens (tertiary/aromatic N) is 1. The molecule has 2 N–H and O–H groups in total. The Labute approximate surface area is 115 Å². The summed E-state index contributed by atoms with van der Waals surface area (Å²) in [6.45, 7) is 5.39. The average molecular weight is 264 g/mol. The third-order valence-electron chi connectivity index (χ3n) is 4.21. The first kappa shape index (κ1) is 14.5. The van der Waals surface area contributed by atoms with E-state index in [1.165, 1.54) is 31.4 Å². The van der Waals surface area contributed by atoms with Gasteiger partial charge in [0, 0.05) is 18.1 Å². The second-order valence-corrected chi connectivity index (χ2v) is 5.65. The molecule has 1 aromatic carbocycles. The van der Waals surface area contributed by atoms with E-state index in [1.54, 1.807) is 0 Å². The van der Waals surface area contributed by atoms with Crippen molar-refractivity contribution in [2.24, 2.45) is 5.73 Å². The summed E-state index contributed by atoms with van der Waals surface area (Å²) in [5.41, 5.74) is 7.35. The number of benzene rings is 1. The lowest BCUT2D eigenvalue weighted by molar-refractivity contribution is 0.0797. The molecule has 1 saturated heterocycles. The molecule has 0 aromatic heterocycles. The number of nitrogens with two attached hydrogens (primary N) is 1. The summed E-state index contributed by atoms with van der Waals surface area (Å²) >= 11 is 0. The highest BCUT2D eigenvalue weighted by atomic mass is 19.1. The van der Waals surface area contributed by atoms with Crippen molar-refractivity contribution in [3.8, 4) is 0 Å². The van der Waals surface area contributed by atoms with E-state index in [9.17, 15) is 4.39 Å². The van der Waals surface area contributed by atoms with Gasteiger partial charge in [0.05, 0.1) is 0 Å². The highest BCUT2D eigenvalue weighted by Crippen LogP contribution is 2.31. The second kappa shape index (κ2) is 6.49. The number of hydrogen-bond donors (Lipinski definition) is 1. The lowest BCUT2D eigenvalue weighted by Crippen LogP contribution is -2.47. The Morgan fingerprint density at radius 1 is 1.32 bits per heavy atom. The maximum atomic E-state index is 13.1. The molecule has 2 nitrogen and oxygen atoms in total. The van der Waals surface area contributed by atoms with Crippen LogP contribution in [0.2, 0.25) is 0 Å². The Morgan fingerprint density at radius 2 is 2.00 bits per heavy atom. The fraction of sp³-hybridized carbons (Fsp3) is 0.625. The minimum Gasteiger partial charge on any atom is -0.326 e. The number of hydrogen-bond acceptors (Lipinski definition) is 2. The molecule has 1 aliphatic heterocycles. The van der Waals surface area contributed by atoms with Gasteiger partial charge in [-0.25, -0.2) is 4.39 Å². The lowest BCUT2D eigenvalue weighted by atomic mass is 9.92. The van der Waals surface area contributed by atoms with Gasteiger partial charge in [0.15, 0.2) is 0 Å². The normalized spacial score (nSPS) is 24.1. The van der Waals surface area contributed by atoms with Crippen LogP contribution < -0.4 is 5.73 Å². The van der Waals surface area contributed by atoms with Crippen molar-refractivity contribution in [3.63, 3.8) is 0 Å². The van der Waals surface area contributed by atoms with Crippen molar-refractivity contribution in [3.05, 3.63) is 35.6 Å². The van der Waals surface area contributed by atoms with Crippen LogP contribution in [-0.2, 0) is 0 Å². The molecule has 106 valence electrons. The van der Waals surface area contributed by atoms with E-state index in [2.05, 4.69) is 18.7 Å². The minimum atomic E-state index is -0.183. The number of piperidine rings is 1. The van der Waals surface area contributed by atoms with Crippen molar-refractivity contribution in [1.82, 2.24) is 4.90 Å². The van der Waals surface area contributed by atoms with Gasteiger partial charge in [-0.05, 0) is 50.4 Å². The predicted molar refractivity (Wildman–Crippen MR) is 77.4 cm³/mol. The average Bonchev–Trinajstić information content (AvgIpc) is 2.41. The lowest BCUT2D eigenvalue weighted by Gasteiger charge is -2.43. The summed E-state index contributed by atoms with van der Waals surface area (Å²) in [6.07, 6.45) is 4.95. The molecule has 3 unspecified atom stereocenters. The van der Waals surface area contributed by atoms with Crippen LogP contribution in [0, 0.1) is 5.82 Å². The van der Waals surface area contributed by atoms with E-state index in [-0.39, 0.29) is 17.9 Å². The Hall–Kier alpha value is -0.930. The largest absolute Gasteiger partial charge is 0.326 e. The van der Waals surface area contributed by atoms with Gasteiger partial charge in [-0.1, -0.05) is 25.5 Å². The summed E-state index contributed by atoms with van der Waals surface area (Å²) in [6, 6.07) is 7.69. The topological polar surface area (TPSA) is 29.3 Å². The zero-order chi connectivity index (χ0) is 13.8. The van der Waals surface area contributed by atoms with E-state index in [1.807, 2.05) is 12.1 Å². The van der Waals surface area contributed by atoms with E-state index < -0.39 is 0 Å². The minimum absolute atomic E-state index is 0.0533. The molecule has 0 bridgehead atoms. The third-order valence-corrected chi connectivity index (χ3v) is 4.21. The van der Waals surface area contributed by atoms with Gasteiger partial charge >= 0.3 is 0 Å². The summed E-state index contributed by atoms with van der Waals surface area (Å²) in [7, 11) is 0. The van der Waals surface area contributed by atoms with Gasteiger partial charge in [0.25, 0.3) is 0 Å². The smallest absolute Gasteiger partial charge is 0.123 e. The van der Waals surface area contributed by atoms with Gasteiger partial charge < -0.3 is 5.73 Å². The maximum Gasteiger partial charge on any atom is 0.123 e. The first-order valence-electron chi connectivity index (χ1n) is 7.40. The molecule has 1 heterocycles. The van der Waals surface area contributed by atoms with Crippen molar-refractivity contribution in [1.29, 1.82) is 0 Å². The first-order chi connectivity index (χ1) is 9.13. The molecule has 2 rings (SSSR count). The molecule has 1 aliphatic rings. The molecule has 1 aromatic rings. The van der Waals surface area contributed by atoms with Crippen LogP contribution in [0.3, 0.4) is 0 Å². The molecular weight excluding hydrogens is 239 g/mol. The van der Waals surface area contributed by atoms with E-state index in [0.29, 0.717) is 6.04 Å². The van der Waals surface area contributed by atoms with Crippen LogP contribution in [-0.4, -0.2) is 23.5 Å². The zero-order valence-electron chi connectivity index (χ0n) is 12.0. The van der Waals surface area contributed by atoms with Gasteiger partial charge in [-0.3, -0.25) is 4.90 Å². The molecule has 1 fully saturated rings. The van der Waals surface area contributed by atoms with Crippen molar-refractivity contribution in [2.45, 2.75) is 57.7 Å². The molecule has 0 aliphatic carbocycles. The molecule has 19 heavy (non-hydrogen) atoms. The van der Waals surface area contributed by atoms with Gasteiger partial charge in [0.1, 0.15) is 5.82 Å². The first-order valence-corrected chi connectivity index (χ1v) is 7.40. The van der Waals surface area contributed by atoms with Crippen molar-refractivity contribution < 1.29 is 4.39 Å². The quantitative estimate of drug-likeness (QED) is 0.902. The summed E-state index contributed by atoms with van der Waals surface area (Å²) in [5.74, 6) is -0.183. The fourth-order valence-corrected chi connectivity index (χ4v) is 3.28. The highest BCUT2D eigenvalue weighted by molar-refractivity contribution is 5.22. The number of halogens is 1. The third kappa shape index (κ3) is 3.34. The Bertz CT molecular complexity index is 388. The predicted octanol–water partition coefficient (Wildman–Crippen LogP) is 3.48. The van der Waals surface area contributed by atoms with Crippen LogP contribution in [0.15, 0.2) is 24.3 Å². The number of rotatable bonds is 4. The maximum absolute atomic E-state index is 13.1. The second-order valence-electron chi connectivity index (χ2n) is 5.65. The zero-order valence-corrected chi connectivity index (χ0v) is 12.0. The van der Waals surface area contributed by atoms with Crippen molar-refractivity contribution >= 4 is 0 Å². The van der Waals surface area contributed by atoms with Gasteiger partial charge in [-0.2, -0.15) is 0 Å². The van der Waals surface area contributed by atoms with E-state index >= 15 is 0 Å². The molecule has 0 spiro atoms. The van der Waals surface area contributed by atoms with Crippen LogP contribution in [0.5, 0.6) is 0 Å². The Kier molecular flexibility index (Phi) is 4.94. The van der Waals surface area contributed by atoms with Gasteiger partial charge in [0.2, 0.25) is 0 Å². The molecular formula is C16H25FN2. The molecule has 3 atom stereocenters. The highest BCUT2D eigenvalue weighted by Gasteiger charge is 2.30. The van der Waals surface area contributed by atoms with Crippen molar-refractivity contribution in [2.75, 3.05) is 6.54 Å². The van der Waals surface area contributed by atoms with E-state index in [0.717, 1.165) is 18.5 Å². The summed E-state index contributed by atoms with van der Waals surface area (Å²) in [5, 5.41) is 0.